The van der Waals surface area contributed by atoms with Gasteiger partial charge in [-0.25, -0.2) is 4.79 Å². The number of benzene rings is 2. The standard InChI is InChI=1S/C25H21ClN2O2/c1-28-9-8-17-10-15(11-20(24(17)28)19-4-2-3-5-22(19)26)12-23-21(25(29)30)13-18(14-27-23)16-6-7-16/h2-5,8-11,13-14,16H,6-7,12H2,1H3,(H,29,30). The molecule has 5 rings (SSSR count). The predicted octanol–water partition coefficient (Wildman–Crippen LogP) is 6.06. The second-order valence-electron chi connectivity index (χ2n) is 8.01. The number of aromatic carboxylic acids is 1. The lowest BCUT2D eigenvalue weighted by molar-refractivity contribution is 0.0695. The van der Waals surface area contributed by atoms with Crippen molar-refractivity contribution in [3.8, 4) is 11.1 Å². The van der Waals surface area contributed by atoms with Gasteiger partial charge in [0.1, 0.15) is 0 Å². The van der Waals surface area contributed by atoms with Crippen LogP contribution in [0.1, 0.15) is 45.9 Å². The van der Waals surface area contributed by atoms with Gasteiger partial charge < -0.3 is 9.67 Å². The van der Waals surface area contributed by atoms with E-state index in [-0.39, 0.29) is 0 Å². The fourth-order valence-corrected chi connectivity index (χ4v) is 4.40. The number of rotatable bonds is 5. The lowest BCUT2D eigenvalue weighted by atomic mass is 9.96. The van der Waals surface area contributed by atoms with Crippen molar-refractivity contribution in [2.24, 2.45) is 7.05 Å². The normalized spacial score (nSPS) is 13.7. The summed E-state index contributed by atoms with van der Waals surface area (Å²) >= 11 is 6.51. The first-order chi connectivity index (χ1) is 14.5. The molecule has 0 radical (unpaired) electrons. The summed E-state index contributed by atoms with van der Waals surface area (Å²) < 4.78 is 2.09. The number of aromatic nitrogens is 2. The van der Waals surface area contributed by atoms with Gasteiger partial charge in [0.2, 0.25) is 0 Å². The van der Waals surface area contributed by atoms with Gasteiger partial charge in [0.25, 0.3) is 0 Å². The molecule has 0 amide bonds. The predicted molar refractivity (Wildman–Crippen MR) is 119 cm³/mol. The molecule has 0 aliphatic heterocycles. The van der Waals surface area contributed by atoms with E-state index in [0.29, 0.717) is 28.6 Å². The van der Waals surface area contributed by atoms with Crippen molar-refractivity contribution >= 4 is 28.5 Å². The van der Waals surface area contributed by atoms with Crippen LogP contribution in [0.4, 0.5) is 0 Å². The Morgan fingerprint density at radius 3 is 2.70 bits per heavy atom. The highest BCUT2D eigenvalue weighted by Crippen LogP contribution is 2.40. The molecule has 4 aromatic rings. The third-order valence-electron chi connectivity index (χ3n) is 5.84. The molecule has 5 heteroatoms. The molecule has 0 bridgehead atoms. The number of carboxylic acids is 1. The van der Waals surface area contributed by atoms with Gasteiger partial charge in [0.15, 0.2) is 0 Å². The Morgan fingerprint density at radius 1 is 1.17 bits per heavy atom. The van der Waals surface area contributed by atoms with Gasteiger partial charge in [0, 0.05) is 47.4 Å². The highest BCUT2D eigenvalue weighted by Gasteiger charge is 2.26. The Labute approximate surface area is 179 Å². The Morgan fingerprint density at radius 2 is 1.97 bits per heavy atom. The van der Waals surface area contributed by atoms with E-state index in [1.807, 2.05) is 43.7 Å². The maximum atomic E-state index is 11.9. The molecule has 1 fully saturated rings. The van der Waals surface area contributed by atoms with Crippen molar-refractivity contribution < 1.29 is 9.90 Å². The summed E-state index contributed by atoms with van der Waals surface area (Å²) in [5, 5.41) is 11.5. The molecule has 2 heterocycles. The molecule has 4 nitrogen and oxygen atoms in total. The van der Waals surface area contributed by atoms with E-state index in [9.17, 15) is 9.90 Å². The summed E-state index contributed by atoms with van der Waals surface area (Å²) in [5.41, 5.74) is 6.03. The molecule has 2 aromatic heterocycles. The van der Waals surface area contributed by atoms with Crippen LogP contribution in [-0.2, 0) is 13.5 Å². The number of hydrogen-bond acceptors (Lipinski definition) is 2. The van der Waals surface area contributed by atoms with Crippen molar-refractivity contribution in [1.29, 1.82) is 0 Å². The largest absolute Gasteiger partial charge is 0.478 e. The Kier molecular flexibility index (Phi) is 4.59. The first-order valence-corrected chi connectivity index (χ1v) is 10.4. The van der Waals surface area contributed by atoms with E-state index in [4.69, 9.17) is 11.6 Å². The molecular weight excluding hydrogens is 396 g/mol. The molecule has 30 heavy (non-hydrogen) atoms. The smallest absolute Gasteiger partial charge is 0.337 e. The number of carboxylic acid groups (broad SMARTS) is 1. The lowest BCUT2D eigenvalue weighted by Gasteiger charge is -2.13. The third kappa shape index (κ3) is 3.37. The van der Waals surface area contributed by atoms with E-state index in [1.165, 1.54) is 0 Å². The number of aryl methyl sites for hydroxylation is 1. The SMILES string of the molecule is Cn1ccc2cc(Cc3ncc(C4CC4)cc3C(=O)O)cc(-c3ccccc3Cl)c21. The van der Waals surface area contributed by atoms with Crippen LogP contribution in [-0.4, -0.2) is 20.6 Å². The summed E-state index contributed by atoms with van der Waals surface area (Å²) in [6.07, 6.45) is 6.56. The quantitative estimate of drug-likeness (QED) is 0.430. The molecule has 150 valence electrons. The average Bonchev–Trinajstić information content (AvgIpc) is 3.51. The summed E-state index contributed by atoms with van der Waals surface area (Å²) in [6, 6.07) is 15.9. The van der Waals surface area contributed by atoms with E-state index >= 15 is 0 Å². The molecule has 0 unspecified atom stereocenters. The number of nitrogens with zero attached hydrogens (tertiary/aromatic N) is 2. The van der Waals surface area contributed by atoms with Crippen molar-refractivity contribution in [2.75, 3.05) is 0 Å². The number of halogens is 1. The average molecular weight is 417 g/mol. The van der Waals surface area contributed by atoms with Crippen molar-refractivity contribution in [3.63, 3.8) is 0 Å². The zero-order valence-electron chi connectivity index (χ0n) is 16.6. The number of fused-ring (bicyclic) bond motifs is 1. The van der Waals surface area contributed by atoms with Crippen LogP contribution in [0.15, 0.2) is 60.9 Å². The van der Waals surface area contributed by atoms with E-state index in [0.717, 1.165) is 46.0 Å². The first-order valence-electron chi connectivity index (χ1n) is 10.1. The van der Waals surface area contributed by atoms with Gasteiger partial charge in [-0.15, -0.1) is 0 Å². The fraction of sp³-hybridized carbons (Fsp3) is 0.200. The van der Waals surface area contributed by atoms with Crippen LogP contribution in [0, 0.1) is 0 Å². The lowest BCUT2D eigenvalue weighted by Crippen LogP contribution is -2.07. The van der Waals surface area contributed by atoms with Gasteiger partial charge in [-0.3, -0.25) is 4.98 Å². The first kappa shape index (κ1) is 18.9. The van der Waals surface area contributed by atoms with Crippen molar-refractivity contribution in [2.45, 2.75) is 25.2 Å². The van der Waals surface area contributed by atoms with Gasteiger partial charge in [0.05, 0.1) is 16.8 Å². The van der Waals surface area contributed by atoms with Gasteiger partial charge in [-0.2, -0.15) is 0 Å². The molecule has 1 N–H and O–H groups in total. The van der Waals surface area contributed by atoms with Gasteiger partial charge in [-0.1, -0.05) is 29.8 Å². The molecule has 1 aliphatic carbocycles. The summed E-state index contributed by atoms with van der Waals surface area (Å²) in [5.74, 6) is -0.454. The van der Waals surface area contributed by atoms with Crippen molar-refractivity contribution in [1.82, 2.24) is 9.55 Å². The maximum Gasteiger partial charge on any atom is 0.337 e. The van der Waals surface area contributed by atoms with Crippen LogP contribution in [0.3, 0.4) is 0 Å². The monoisotopic (exact) mass is 416 g/mol. The highest BCUT2D eigenvalue weighted by atomic mass is 35.5. The second kappa shape index (κ2) is 7.29. The molecule has 1 saturated carbocycles. The topological polar surface area (TPSA) is 55.1 Å². The number of pyridine rings is 1. The summed E-state index contributed by atoms with van der Waals surface area (Å²) in [4.78, 5) is 16.4. The van der Waals surface area contributed by atoms with E-state index < -0.39 is 5.97 Å². The van der Waals surface area contributed by atoms with Gasteiger partial charge >= 0.3 is 5.97 Å². The van der Waals surface area contributed by atoms with Gasteiger partial charge in [-0.05, 0) is 60.2 Å². The minimum Gasteiger partial charge on any atom is -0.478 e. The van der Waals surface area contributed by atoms with Crippen LogP contribution in [0.5, 0.6) is 0 Å². The fourth-order valence-electron chi connectivity index (χ4n) is 4.16. The number of hydrogen-bond donors (Lipinski definition) is 1. The van der Waals surface area contributed by atoms with E-state index in [2.05, 4.69) is 27.8 Å². The molecule has 0 spiro atoms. The Bertz CT molecular complexity index is 1290. The zero-order valence-corrected chi connectivity index (χ0v) is 17.4. The molecule has 2 aromatic carbocycles. The Hall–Kier alpha value is -3.11. The Balaban J connectivity index is 1.63. The number of carbonyl (C=O) groups is 1. The van der Waals surface area contributed by atoms with Crippen LogP contribution in [0.2, 0.25) is 5.02 Å². The highest BCUT2D eigenvalue weighted by molar-refractivity contribution is 6.33. The van der Waals surface area contributed by atoms with E-state index in [1.54, 1.807) is 6.07 Å². The minimum absolute atomic E-state index is 0.298. The molecule has 0 saturated heterocycles. The molecule has 1 aliphatic rings. The van der Waals surface area contributed by atoms with Crippen LogP contribution < -0.4 is 0 Å². The zero-order chi connectivity index (χ0) is 20.8. The summed E-state index contributed by atoms with van der Waals surface area (Å²) in [7, 11) is 2.02. The third-order valence-corrected chi connectivity index (χ3v) is 6.17. The van der Waals surface area contributed by atoms with Crippen molar-refractivity contribution in [3.05, 3.63) is 88.3 Å². The molecule has 0 atom stereocenters. The molecular formula is C25H21ClN2O2. The van der Waals surface area contributed by atoms with Crippen LogP contribution >= 0.6 is 11.6 Å². The van der Waals surface area contributed by atoms with Crippen LogP contribution in [0.25, 0.3) is 22.0 Å². The minimum atomic E-state index is -0.924. The summed E-state index contributed by atoms with van der Waals surface area (Å²) in [6.45, 7) is 0. The maximum absolute atomic E-state index is 11.9. The second-order valence-corrected chi connectivity index (χ2v) is 8.41.